The predicted molar refractivity (Wildman–Crippen MR) is 111 cm³/mol. The summed E-state index contributed by atoms with van der Waals surface area (Å²) in [5.41, 5.74) is 2.51. The molecule has 154 valence electrons. The van der Waals surface area contributed by atoms with Gasteiger partial charge in [-0.1, -0.05) is 31.5 Å². The van der Waals surface area contributed by atoms with E-state index in [4.69, 9.17) is 9.47 Å². The van der Waals surface area contributed by atoms with Gasteiger partial charge in [-0.05, 0) is 56.2 Å². The van der Waals surface area contributed by atoms with Gasteiger partial charge in [0.15, 0.2) is 0 Å². The van der Waals surface area contributed by atoms with Crippen LogP contribution in [-0.4, -0.2) is 31.1 Å². The minimum absolute atomic E-state index is 0.214. The number of nitrogens with zero attached hydrogens (tertiary/aromatic N) is 1. The molecule has 0 aliphatic heterocycles. The number of carbonyl (C=O) groups is 3. The Morgan fingerprint density at radius 1 is 0.931 bits per heavy atom. The first kappa shape index (κ1) is 22.1. The Kier molecular flexibility index (Phi) is 8.40. The number of hydrogen-bond donors (Lipinski definition) is 0. The molecule has 0 bridgehead atoms. The lowest BCUT2D eigenvalue weighted by Gasteiger charge is -2.24. The number of carbonyl (C=O) groups excluding carboxylic acids is 3. The van der Waals surface area contributed by atoms with Gasteiger partial charge in [-0.2, -0.15) is 0 Å². The predicted octanol–water partition coefficient (Wildman–Crippen LogP) is 4.57. The van der Waals surface area contributed by atoms with Crippen LogP contribution in [0.1, 0.15) is 49.0 Å². The number of unbranched alkanes of at least 4 members (excludes halogenated alkanes) is 1. The summed E-state index contributed by atoms with van der Waals surface area (Å²) in [5, 5.41) is 0. The number of esters is 2. The molecule has 2 aromatic carbocycles. The van der Waals surface area contributed by atoms with Gasteiger partial charge in [0.1, 0.15) is 6.42 Å². The maximum absolute atomic E-state index is 12.9. The number of para-hydroxylation sites is 1. The number of anilines is 2. The van der Waals surface area contributed by atoms with Crippen LogP contribution in [0.15, 0.2) is 48.5 Å². The first-order valence-electron chi connectivity index (χ1n) is 9.79. The monoisotopic (exact) mass is 397 g/mol. The van der Waals surface area contributed by atoms with Crippen molar-refractivity contribution in [3.63, 3.8) is 0 Å². The summed E-state index contributed by atoms with van der Waals surface area (Å²) in [6.45, 7) is 6.20. The van der Waals surface area contributed by atoms with Gasteiger partial charge in [0.2, 0.25) is 5.91 Å². The van der Waals surface area contributed by atoms with Crippen molar-refractivity contribution in [2.75, 3.05) is 18.1 Å². The molecule has 0 aliphatic rings. The highest BCUT2D eigenvalue weighted by molar-refractivity contribution is 6.08. The van der Waals surface area contributed by atoms with Crippen molar-refractivity contribution in [3.05, 3.63) is 59.7 Å². The summed E-state index contributed by atoms with van der Waals surface area (Å²) in [6, 6.07) is 14.0. The van der Waals surface area contributed by atoms with E-state index in [0.717, 1.165) is 18.4 Å². The zero-order valence-electron chi connectivity index (χ0n) is 17.1. The standard InChI is InChI=1S/C23H27NO5/c1-4-6-15-29-23(27)18-11-13-19(14-12-18)24(20-10-8-7-9-17(20)3)21(25)16-22(26)28-5-2/h7-14H,4-6,15-16H2,1-3H3. The number of aryl methyl sites for hydroxylation is 1. The molecule has 0 fully saturated rings. The van der Waals surface area contributed by atoms with Gasteiger partial charge in [0, 0.05) is 5.69 Å². The largest absolute Gasteiger partial charge is 0.466 e. The number of amides is 1. The maximum Gasteiger partial charge on any atom is 0.338 e. The topological polar surface area (TPSA) is 72.9 Å². The molecule has 2 rings (SSSR count). The highest BCUT2D eigenvalue weighted by Crippen LogP contribution is 2.29. The third kappa shape index (κ3) is 6.17. The van der Waals surface area contributed by atoms with E-state index < -0.39 is 17.8 Å². The van der Waals surface area contributed by atoms with Gasteiger partial charge in [-0.25, -0.2) is 4.79 Å². The van der Waals surface area contributed by atoms with Crippen LogP contribution >= 0.6 is 0 Å². The highest BCUT2D eigenvalue weighted by atomic mass is 16.5. The van der Waals surface area contributed by atoms with E-state index in [0.29, 0.717) is 23.5 Å². The van der Waals surface area contributed by atoms with E-state index >= 15 is 0 Å². The zero-order valence-corrected chi connectivity index (χ0v) is 17.1. The van der Waals surface area contributed by atoms with E-state index in [9.17, 15) is 14.4 Å². The van der Waals surface area contributed by atoms with Gasteiger partial charge < -0.3 is 9.47 Å². The molecule has 1 amide bonds. The van der Waals surface area contributed by atoms with Crippen LogP contribution in [0, 0.1) is 6.92 Å². The Balaban J connectivity index is 2.29. The Labute approximate surface area is 171 Å². The lowest BCUT2D eigenvalue weighted by atomic mass is 10.1. The summed E-state index contributed by atoms with van der Waals surface area (Å²) in [4.78, 5) is 38.3. The maximum atomic E-state index is 12.9. The first-order chi connectivity index (χ1) is 14.0. The van der Waals surface area contributed by atoms with E-state index in [2.05, 4.69) is 0 Å². The highest BCUT2D eigenvalue weighted by Gasteiger charge is 2.23. The van der Waals surface area contributed by atoms with Gasteiger partial charge in [-0.15, -0.1) is 0 Å². The van der Waals surface area contributed by atoms with E-state index in [1.165, 1.54) is 4.90 Å². The second-order valence-electron chi connectivity index (χ2n) is 6.53. The third-order valence-corrected chi connectivity index (χ3v) is 4.30. The van der Waals surface area contributed by atoms with Crippen molar-refractivity contribution in [1.82, 2.24) is 0 Å². The molecule has 0 saturated heterocycles. The molecule has 0 N–H and O–H groups in total. The average Bonchev–Trinajstić information content (AvgIpc) is 2.70. The minimum atomic E-state index is -0.577. The molecular formula is C23H27NO5. The smallest absolute Gasteiger partial charge is 0.338 e. The van der Waals surface area contributed by atoms with Crippen molar-refractivity contribution in [2.45, 2.75) is 40.0 Å². The second kappa shape index (κ2) is 11.0. The van der Waals surface area contributed by atoms with Crippen LogP contribution in [0.25, 0.3) is 0 Å². The average molecular weight is 397 g/mol. The molecule has 6 nitrogen and oxygen atoms in total. The lowest BCUT2D eigenvalue weighted by molar-refractivity contribution is -0.145. The van der Waals surface area contributed by atoms with Gasteiger partial charge in [0.05, 0.1) is 24.5 Å². The van der Waals surface area contributed by atoms with Crippen LogP contribution in [0.5, 0.6) is 0 Å². The van der Waals surface area contributed by atoms with Crippen LogP contribution in [-0.2, 0) is 19.1 Å². The molecule has 0 unspecified atom stereocenters. The number of ether oxygens (including phenoxy) is 2. The molecule has 0 aromatic heterocycles. The summed E-state index contributed by atoms with van der Waals surface area (Å²) in [7, 11) is 0. The van der Waals surface area contributed by atoms with Crippen LogP contribution in [0.2, 0.25) is 0 Å². The number of benzene rings is 2. The zero-order chi connectivity index (χ0) is 21.2. The minimum Gasteiger partial charge on any atom is -0.466 e. The molecule has 0 saturated carbocycles. The fraction of sp³-hybridized carbons (Fsp3) is 0.348. The van der Waals surface area contributed by atoms with E-state index in [1.54, 1.807) is 31.2 Å². The van der Waals surface area contributed by atoms with Crippen molar-refractivity contribution < 1.29 is 23.9 Å². The van der Waals surface area contributed by atoms with Crippen molar-refractivity contribution in [3.8, 4) is 0 Å². The molecule has 0 atom stereocenters. The molecule has 29 heavy (non-hydrogen) atoms. The number of hydrogen-bond acceptors (Lipinski definition) is 5. The fourth-order valence-electron chi connectivity index (χ4n) is 2.79. The Morgan fingerprint density at radius 2 is 1.62 bits per heavy atom. The Morgan fingerprint density at radius 3 is 2.24 bits per heavy atom. The van der Waals surface area contributed by atoms with Gasteiger partial charge in [0.25, 0.3) is 0 Å². The molecule has 0 radical (unpaired) electrons. The summed E-state index contributed by atoms with van der Waals surface area (Å²) in [6.07, 6.45) is 1.39. The Bertz CT molecular complexity index is 845. The van der Waals surface area contributed by atoms with E-state index in [-0.39, 0.29) is 13.0 Å². The quantitative estimate of drug-likeness (QED) is 0.352. The molecule has 0 heterocycles. The summed E-state index contributed by atoms with van der Waals surface area (Å²) < 4.78 is 10.1. The second-order valence-corrected chi connectivity index (χ2v) is 6.53. The lowest BCUT2D eigenvalue weighted by Crippen LogP contribution is -2.29. The fourth-order valence-corrected chi connectivity index (χ4v) is 2.79. The van der Waals surface area contributed by atoms with Crippen molar-refractivity contribution >= 4 is 29.2 Å². The van der Waals surface area contributed by atoms with Gasteiger partial charge >= 0.3 is 11.9 Å². The van der Waals surface area contributed by atoms with E-state index in [1.807, 2.05) is 38.1 Å². The Hall–Kier alpha value is -3.15. The summed E-state index contributed by atoms with van der Waals surface area (Å²) in [5.74, 6) is -1.38. The van der Waals surface area contributed by atoms with Crippen LogP contribution < -0.4 is 4.90 Å². The molecular weight excluding hydrogens is 370 g/mol. The number of rotatable bonds is 9. The third-order valence-electron chi connectivity index (χ3n) is 4.30. The van der Waals surface area contributed by atoms with Crippen LogP contribution in [0.3, 0.4) is 0 Å². The molecule has 0 spiro atoms. The van der Waals surface area contributed by atoms with Gasteiger partial charge in [-0.3, -0.25) is 14.5 Å². The van der Waals surface area contributed by atoms with Crippen LogP contribution in [0.4, 0.5) is 11.4 Å². The first-order valence-corrected chi connectivity index (χ1v) is 9.79. The normalized spacial score (nSPS) is 10.3. The molecule has 6 heteroatoms. The molecule has 2 aromatic rings. The van der Waals surface area contributed by atoms with Crippen molar-refractivity contribution in [2.24, 2.45) is 0 Å². The molecule has 0 aliphatic carbocycles. The SMILES string of the molecule is CCCCOC(=O)c1ccc(N(C(=O)CC(=O)OCC)c2ccccc2C)cc1. The summed E-state index contributed by atoms with van der Waals surface area (Å²) >= 11 is 0. The van der Waals surface area contributed by atoms with Crippen molar-refractivity contribution in [1.29, 1.82) is 0 Å².